The molecule has 5 rings (SSSR count). The number of benzene rings is 4. The molecule has 21 heteroatoms. The zero-order chi connectivity index (χ0) is 38.2. The molecule has 6 N–H and O–H groups in total. The van der Waals surface area contributed by atoms with Crippen LogP contribution in [0.3, 0.4) is 0 Å². The van der Waals surface area contributed by atoms with Gasteiger partial charge in [0.2, 0.25) is 0 Å². The zero-order valence-electron chi connectivity index (χ0n) is 26.3. The van der Waals surface area contributed by atoms with Gasteiger partial charge in [0.15, 0.2) is 5.69 Å². The van der Waals surface area contributed by atoms with E-state index in [1.165, 1.54) is 42.5 Å². The van der Waals surface area contributed by atoms with Crippen molar-refractivity contribution in [1.82, 2.24) is 0 Å². The summed E-state index contributed by atoms with van der Waals surface area (Å²) in [7, 11) is -14.4. The van der Waals surface area contributed by atoms with Crippen LogP contribution in [-0.4, -0.2) is 65.3 Å². The van der Waals surface area contributed by atoms with Crippen LogP contribution >= 0.6 is 0 Å². The summed E-state index contributed by atoms with van der Waals surface area (Å²) in [6.45, 7) is 1.60. The Kier molecular flexibility index (Phi) is 10.1. The fourth-order valence-corrected chi connectivity index (χ4v) is 7.04. The Hall–Kier alpha value is -5.90. The Morgan fingerprint density at radius 3 is 1.98 bits per heavy atom. The summed E-state index contributed by atoms with van der Waals surface area (Å²) in [5, 5.41) is 31.0. The Morgan fingerprint density at radius 2 is 1.37 bits per heavy atom. The molecular weight excluding hydrogens is 745 g/mol. The number of nitro groups is 1. The Bertz CT molecular complexity index is 2720. The lowest BCUT2D eigenvalue weighted by molar-refractivity contribution is -0.385. The smallest absolute Gasteiger partial charge is 0.388 e. The van der Waals surface area contributed by atoms with Crippen molar-refractivity contribution in [3.05, 3.63) is 117 Å². The van der Waals surface area contributed by atoms with Crippen LogP contribution in [0.15, 0.2) is 121 Å². The number of nitrogens with zero attached hydrogens (tertiary/aromatic N) is 5. The maximum atomic E-state index is 12.3. The number of hydrogen-bond donors (Lipinski definition) is 5. The van der Waals surface area contributed by atoms with E-state index in [4.69, 9.17) is 5.73 Å². The van der Waals surface area contributed by atoms with Gasteiger partial charge in [-0.1, -0.05) is 42.5 Å². The predicted molar refractivity (Wildman–Crippen MR) is 187 cm³/mol. The van der Waals surface area contributed by atoms with Gasteiger partial charge in [0.25, 0.3) is 36.0 Å². The second-order valence-corrected chi connectivity index (χ2v) is 15.0. The van der Waals surface area contributed by atoms with Crippen molar-refractivity contribution < 1.29 is 53.8 Å². The Labute approximate surface area is 294 Å². The van der Waals surface area contributed by atoms with Crippen molar-refractivity contribution in [3.63, 3.8) is 0 Å². The monoisotopic (exact) mass is 769 g/mol. The van der Waals surface area contributed by atoms with Gasteiger partial charge in [-0.15, -0.1) is 10.3 Å². The lowest BCUT2D eigenvalue weighted by Gasteiger charge is -2.15. The second-order valence-electron chi connectivity index (χ2n) is 10.9. The average Bonchev–Trinajstić information content (AvgIpc) is 3.06. The van der Waals surface area contributed by atoms with Crippen LogP contribution < -0.4 is 10.9 Å². The molecule has 0 spiro atoms. The molecule has 0 aromatic heterocycles. The van der Waals surface area contributed by atoms with Crippen LogP contribution in [0.2, 0.25) is 0 Å². The SMILES string of the molecule is CC1=CC(=[N+]=Nc2cccc3c(S(=O)(=O)O)cccc23)C(N)=CC1=NN(O)c1ccc(/C=C/c2ccc([N+](=O)[O-])cc2S(=O)(=O)O)c(S(=O)(=O)O)c1. The normalized spacial score (nSPS) is 14.6. The van der Waals surface area contributed by atoms with Gasteiger partial charge in [0.1, 0.15) is 25.5 Å². The van der Waals surface area contributed by atoms with Crippen molar-refractivity contribution in [2.24, 2.45) is 15.9 Å². The van der Waals surface area contributed by atoms with Gasteiger partial charge in [-0.25, -0.2) is 0 Å². The first kappa shape index (κ1) is 37.4. The molecular formula is C31H25N6O12S3+. The minimum absolute atomic E-state index is 0.0509. The summed E-state index contributed by atoms with van der Waals surface area (Å²) < 4.78 is 101. The minimum atomic E-state index is -4.97. The molecule has 52 heavy (non-hydrogen) atoms. The van der Waals surface area contributed by atoms with Gasteiger partial charge < -0.3 is 5.73 Å². The second kappa shape index (κ2) is 14.0. The standard InChI is InChI=1S/C31H24N6O12S3/c1-18-14-28(34-33-26-6-2-5-24-23(26)4-3-7-29(24)50(41,42)43)25(32)17-27(18)35-36(38)21-12-10-19(30(15-21)51(44,45)46)8-9-20-11-13-22(37(39)40)16-31(20)52(47,48)49/h2-17H,32H2,1H3,(H3-,35,38,41,42,43,44,45,46,47,48,49)/p+1/b9-8+. The molecule has 1 aliphatic rings. The third kappa shape index (κ3) is 8.18. The Morgan fingerprint density at radius 1 is 0.788 bits per heavy atom. The maximum absolute atomic E-state index is 12.3. The molecule has 18 nitrogen and oxygen atoms in total. The van der Waals surface area contributed by atoms with Crippen LogP contribution in [0.1, 0.15) is 18.1 Å². The molecule has 0 atom stereocenters. The number of hydrazone groups is 1. The van der Waals surface area contributed by atoms with E-state index in [0.717, 1.165) is 36.4 Å². The van der Waals surface area contributed by atoms with Gasteiger partial charge in [0.05, 0.1) is 21.1 Å². The predicted octanol–water partition coefficient (Wildman–Crippen LogP) is 4.45. The molecule has 0 radical (unpaired) electrons. The van der Waals surface area contributed by atoms with Crippen molar-refractivity contribution in [2.45, 2.75) is 21.6 Å². The molecule has 0 amide bonds. The molecule has 4 aromatic carbocycles. The van der Waals surface area contributed by atoms with Crippen molar-refractivity contribution >= 4 is 81.8 Å². The third-order valence-electron chi connectivity index (χ3n) is 7.38. The topological polar surface area (TPSA) is 295 Å². The molecule has 4 aromatic rings. The highest BCUT2D eigenvalue weighted by molar-refractivity contribution is 7.86. The fraction of sp³-hybridized carbons (Fsp3) is 0.0323. The van der Waals surface area contributed by atoms with Gasteiger partial charge >= 0.3 is 5.71 Å². The van der Waals surface area contributed by atoms with Gasteiger partial charge in [-0.2, -0.15) is 25.3 Å². The number of anilines is 1. The van der Waals surface area contributed by atoms with Gasteiger partial charge in [-0.3, -0.25) is 29.0 Å². The van der Waals surface area contributed by atoms with E-state index >= 15 is 0 Å². The van der Waals surface area contributed by atoms with Crippen molar-refractivity contribution in [1.29, 1.82) is 0 Å². The molecule has 0 saturated heterocycles. The average molecular weight is 770 g/mol. The molecule has 0 heterocycles. The number of allylic oxidation sites excluding steroid dienone is 3. The molecule has 1 aliphatic carbocycles. The summed E-state index contributed by atoms with van der Waals surface area (Å²) in [5.41, 5.74) is 5.88. The number of hydrogen-bond acceptors (Lipinski definition) is 13. The number of nitrogens with two attached hydrogens (primary N) is 1. The van der Waals surface area contributed by atoms with E-state index in [0.29, 0.717) is 22.2 Å². The first-order valence-electron chi connectivity index (χ1n) is 14.3. The molecule has 0 bridgehead atoms. The highest BCUT2D eigenvalue weighted by Crippen LogP contribution is 2.31. The largest absolute Gasteiger partial charge is 0.392 e. The fourth-order valence-electron chi connectivity index (χ4n) is 4.92. The highest BCUT2D eigenvalue weighted by atomic mass is 32.2. The van der Waals surface area contributed by atoms with Crippen molar-refractivity contribution in [3.8, 4) is 0 Å². The molecule has 0 unspecified atom stereocenters. The molecule has 0 fully saturated rings. The Balaban J connectivity index is 1.46. The first-order valence-corrected chi connectivity index (χ1v) is 18.6. The van der Waals surface area contributed by atoms with E-state index in [-0.39, 0.29) is 49.9 Å². The number of nitro benzene ring substituents is 1. The summed E-state index contributed by atoms with van der Waals surface area (Å²) in [4.78, 5) is 12.5. The summed E-state index contributed by atoms with van der Waals surface area (Å²) >= 11 is 0. The van der Waals surface area contributed by atoms with Crippen molar-refractivity contribution in [2.75, 3.05) is 5.17 Å². The van der Waals surface area contributed by atoms with E-state index < -0.39 is 50.8 Å². The summed E-state index contributed by atoms with van der Waals surface area (Å²) in [6, 6.07) is 14.7. The first-order chi connectivity index (χ1) is 24.2. The van der Waals surface area contributed by atoms with E-state index in [1.807, 2.05) is 0 Å². The van der Waals surface area contributed by atoms with E-state index in [1.54, 1.807) is 19.1 Å². The van der Waals surface area contributed by atoms with Gasteiger partial charge in [-0.05, 0) is 60.0 Å². The van der Waals surface area contributed by atoms with Crippen LogP contribution in [0.25, 0.3) is 22.9 Å². The maximum Gasteiger partial charge on any atom is 0.388 e. The summed E-state index contributed by atoms with van der Waals surface area (Å²) in [5.74, 6) is 0. The molecule has 0 aliphatic heterocycles. The van der Waals surface area contributed by atoms with Crippen LogP contribution in [0.4, 0.5) is 17.1 Å². The highest BCUT2D eigenvalue weighted by Gasteiger charge is 2.24. The number of non-ortho nitro benzene ring substituents is 1. The van der Waals surface area contributed by atoms with E-state index in [9.17, 15) is 54.2 Å². The lowest BCUT2D eigenvalue weighted by atomic mass is 10.0. The van der Waals surface area contributed by atoms with Crippen LogP contribution in [-0.2, 0) is 30.4 Å². The van der Waals surface area contributed by atoms with Crippen LogP contribution in [0.5, 0.6) is 0 Å². The third-order valence-corrected chi connectivity index (χ3v) is 10.1. The van der Waals surface area contributed by atoms with Gasteiger partial charge in [0, 0.05) is 29.0 Å². The lowest BCUT2D eigenvalue weighted by Crippen LogP contribution is -2.22. The van der Waals surface area contributed by atoms with E-state index in [2.05, 4.69) is 15.0 Å². The quantitative estimate of drug-likeness (QED) is 0.0299. The zero-order valence-corrected chi connectivity index (χ0v) is 28.8. The number of fused-ring (bicyclic) bond motifs is 1. The molecule has 268 valence electrons. The minimum Gasteiger partial charge on any atom is -0.392 e. The molecule has 0 saturated carbocycles. The summed E-state index contributed by atoms with van der Waals surface area (Å²) in [6.07, 6.45) is 4.92. The van der Waals surface area contributed by atoms with Crippen LogP contribution in [0, 0.1) is 10.1 Å². The number of rotatable bonds is 9.